The molecule has 0 aliphatic carbocycles. The van der Waals surface area contributed by atoms with Crippen LogP contribution in [0.5, 0.6) is 0 Å². The number of benzene rings is 1. The number of sulfonamides is 1. The second kappa shape index (κ2) is 9.07. The van der Waals surface area contributed by atoms with Crippen LogP contribution in [0, 0.1) is 5.82 Å². The van der Waals surface area contributed by atoms with Gasteiger partial charge in [-0.1, -0.05) is 13.0 Å². The maximum atomic E-state index is 13.2. The fourth-order valence-electron chi connectivity index (χ4n) is 3.55. The first kappa shape index (κ1) is 21.3. The van der Waals surface area contributed by atoms with E-state index in [0.29, 0.717) is 44.1 Å². The van der Waals surface area contributed by atoms with E-state index in [1.165, 1.54) is 28.6 Å². The van der Waals surface area contributed by atoms with Gasteiger partial charge in [-0.3, -0.25) is 4.98 Å². The quantitative estimate of drug-likeness (QED) is 0.605. The fourth-order valence-corrected chi connectivity index (χ4v) is 5.02. The zero-order valence-corrected chi connectivity index (χ0v) is 18.1. The minimum absolute atomic E-state index is 0.107. The van der Waals surface area contributed by atoms with E-state index < -0.39 is 15.8 Å². The molecule has 0 saturated carbocycles. The van der Waals surface area contributed by atoms with E-state index in [-0.39, 0.29) is 4.90 Å². The standard InChI is InChI=1S/C22H24FN5O2S/c1-2-18-16-21(26-22(25-18)20-6-3-4-11-24-20)27-12-5-13-28(15-14-27)31(29,30)19-9-7-17(23)8-10-19/h3-4,6-11,16H,2,5,12-15H2,1H3. The van der Waals surface area contributed by atoms with E-state index in [0.717, 1.165) is 17.9 Å². The van der Waals surface area contributed by atoms with Gasteiger partial charge in [-0.2, -0.15) is 4.31 Å². The van der Waals surface area contributed by atoms with Gasteiger partial charge >= 0.3 is 0 Å². The van der Waals surface area contributed by atoms with Crippen LogP contribution in [0.3, 0.4) is 0 Å². The summed E-state index contributed by atoms with van der Waals surface area (Å²) in [4.78, 5) is 15.9. The summed E-state index contributed by atoms with van der Waals surface area (Å²) in [6, 6.07) is 12.5. The average Bonchev–Trinajstić information content (AvgIpc) is 3.07. The summed E-state index contributed by atoms with van der Waals surface area (Å²) in [5.41, 5.74) is 1.61. The molecular formula is C22H24FN5O2S. The number of halogens is 1. The highest BCUT2D eigenvalue weighted by Crippen LogP contribution is 2.23. The van der Waals surface area contributed by atoms with Gasteiger partial charge in [0, 0.05) is 44.1 Å². The molecule has 1 aliphatic heterocycles. The summed E-state index contributed by atoms with van der Waals surface area (Å²) >= 11 is 0. The normalized spacial score (nSPS) is 15.6. The van der Waals surface area contributed by atoms with Gasteiger partial charge in [0.15, 0.2) is 5.82 Å². The number of aryl methyl sites for hydroxylation is 1. The molecule has 1 saturated heterocycles. The second-order valence-electron chi connectivity index (χ2n) is 7.31. The Balaban J connectivity index is 1.57. The van der Waals surface area contributed by atoms with Crippen LogP contribution >= 0.6 is 0 Å². The van der Waals surface area contributed by atoms with Crippen molar-refractivity contribution in [2.24, 2.45) is 0 Å². The molecule has 0 amide bonds. The lowest BCUT2D eigenvalue weighted by Gasteiger charge is -2.23. The Hall–Kier alpha value is -2.91. The number of aromatic nitrogens is 3. The van der Waals surface area contributed by atoms with Gasteiger partial charge in [0.05, 0.1) is 4.90 Å². The van der Waals surface area contributed by atoms with Crippen LogP contribution in [-0.2, 0) is 16.4 Å². The number of anilines is 1. The Morgan fingerprint density at radius 3 is 2.52 bits per heavy atom. The lowest BCUT2D eigenvalue weighted by Crippen LogP contribution is -2.35. The van der Waals surface area contributed by atoms with Gasteiger partial charge in [-0.25, -0.2) is 22.8 Å². The molecule has 4 rings (SSSR count). The molecule has 1 aromatic carbocycles. The van der Waals surface area contributed by atoms with Crippen molar-refractivity contribution in [3.8, 4) is 11.5 Å². The van der Waals surface area contributed by atoms with Gasteiger partial charge in [0.1, 0.15) is 17.3 Å². The Bertz CT molecular complexity index is 1140. The molecule has 31 heavy (non-hydrogen) atoms. The van der Waals surface area contributed by atoms with Gasteiger partial charge in [-0.15, -0.1) is 0 Å². The highest BCUT2D eigenvalue weighted by Gasteiger charge is 2.27. The molecule has 3 aromatic rings. The molecule has 0 atom stereocenters. The lowest BCUT2D eigenvalue weighted by atomic mass is 10.2. The molecule has 0 bridgehead atoms. The Labute approximate surface area is 181 Å². The molecule has 0 N–H and O–H groups in total. The molecule has 7 nitrogen and oxygen atoms in total. The van der Waals surface area contributed by atoms with E-state index in [1.54, 1.807) is 6.20 Å². The lowest BCUT2D eigenvalue weighted by molar-refractivity contribution is 0.433. The third kappa shape index (κ3) is 4.72. The number of pyridine rings is 1. The summed E-state index contributed by atoms with van der Waals surface area (Å²) in [5.74, 6) is 0.878. The molecular weight excluding hydrogens is 417 g/mol. The molecule has 1 fully saturated rings. The minimum Gasteiger partial charge on any atom is -0.355 e. The van der Waals surface area contributed by atoms with E-state index in [1.807, 2.05) is 31.2 Å². The van der Waals surface area contributed by atoms with Crippen molar-refractivity contribution in [1.82, 2.24) is 19.3 Å². The van der Waals surface area contributed by atoms with Gasteiger partial charge < -0.3 is 4.90 Å². The van der Waals surface area contributed by atoms with Crippen molar-refractivity contribution in [3.05, 3.63) is 66.2 Å². The van der Waals surface area contributed by atoms with E-state index in [2.05, 4.69) is 14.9 Å². The Kier molecular flexibility index (Phi) is 6.24. The third-order valence-corrected chi connectivity index (χ3v) is 7.17. The first-order valence-electron chi connectivity index (χ1n) is 10.3. The minimum atomic E-state index is -3.67. The summed E-state index contributed by atoms with van der Waals surface area (Å²) in [7, 11) is -3.67. The predicted octanol–water partition coefficient (Wildman–Crippen LogP) is 3.14. The van der Waals surface area contributed by atoms with Crippen molar-refractivity contribution >= 4 is 15.8 Å². The van der Waals surface area contributed by atoms with Crippen molar-refractivity contribution in [2.75, 3.05) is 31.1 Å². The van der Waals surface area contributed by atoms with Gasteiger partial charge in [0.2, 0.25) is 10.0 Å². The number of nitrogens with zero attached hydrogens (tertiary/aromatic N) is 5. The maximum absolute atomic E-state index is 13.2. The van der Waals surface area contributed by atoms with Crippen LogP contribution in [0.2, 0.25) is 0 Å². The van der Waals surface area contributed by atoms with Crippen LogP contribution in [-0.4, -0.2) is 53.9 Å². The number of hydrogen-bond acceptors (Lipinski definition) is 6. The van der Waals surface area contributed by atoms with Crippen molar-refractivity contribution in [1.29, 1.82) is 0 Å². The molecule has 9 heteroatoms. The van der Waals surface area contributed by atoms with Crippen molar-refractivity contribution in [2.45, 2.75) is 24.7 Å². The van der Waals surface area contributed by atoms with Crippen molar-refractivity contribution < 1.29 is 12.8 Å². The summed E-state index contributed by atoms with van der Waals surface area (Å²) < 4.78 is 40.6. The number of rotatable bonds is 5. The summed E-state index contributed by atoms with van der Waals surface area (Å²) in [6.07, 6.45) is 3.13. The van der Waals surface area contributed by atoms with Crippen LogP contribution in [0.25, 0.3) is 11.5 Å². The van der Waals surface area contributed by atoms with Gasteiger partial charge in [-0.05, 0) is 49.2 Å². The largest absolute Gasteiger partial charge is 0.355 e. The van der Waals surface area contributed by atoms with E-state index >= 15 is 0 Å². The smallest absolute Gasteiger partial charge is 0.243 e. The molecule has 0 radical (unpaired) electrons. The third-order valence-electron chi connectivity index (χ3n) is 5.25. The topological polar surface area (TPSA) is 79.3 Å². The van der Waals surface area contributed by atoms with Gasteiger partial charge in [0.25, 0.3) is 0 Å². The average molecular weight is 442 g/mol. The second-order valence-corrected chi connectivity index (χ2v) is 9.25. The Morgan fingerprint density at radius 2 is 1.81 bits per heavy atom. The zero-order chi connectivity index (χ0) is 21.8. The molecule has 0 unspecified atom stereocenters. The molecule has 3 heterocycles. The molecule has 162 valence electrons. The molecule has 1 aliphatic rings. The van der Waals surface area contributed by atoms with E-state index in [4.69, 9.17) is 4.98 Å². The first-order valence-corrected chi connectivity index (χ1v) is 11.7. The first-order chi connectivity index (χ1) is 15.0. The predicted molar refractivity (Wildman–Crippen MR) is 117 cm³/mol. The summed E-state index contributed by atoms with van der Waals surface area (Å²) in [5, 5.41) is 0. The van der Waals surface area contributed by atoms with Crippen LogP contribution in [0.1, 0.15) is 19.0 Å². The van der Waals surface area contributed by atoms with Crippen LogP contribution < -0.4 is 4.90 Å². The SMILES string of the molecule is CCc1cc(N2CCCN(S(=O)(=O)c3ccc(F)cc3)CC2)nc(-c2ccccn2)n1. The fraction of sp³-hybridized carbons (Fsp3) is 0.318. The summed E-state index contributed by atoms with van der Waals surface area (Å²) in [6.45, 7) is 3.94. The van der Waals surface area contributed by atoms with Crippen molar-refractivity contribution in [3.63, 3.8) is 0 Å². The zero-order valence-electron chi connectivity index (χ0n) is 17.3. The monoisotopic (exact) mass is 441 g/mol. The van der Waals surface area contributed by atoms with Crippen LogP contribution in [0.4, 0.5) is 10.2 Å². The molecule has 0 spiro atoms. The molecule has 2 aromatic heterocycles. The van der Waals surface area contributed by atoms with E-state index in [9.17, 15) is 12.8 Å². The number of hydrogen-bond donors (Lipinski definition) is 0. The van der Waals surface area contributed by atoms with Crippen LogP contribution in [0.15, 0.2) is 59.6 Å². The highest BCUT2D eigenvalue weighted by atomic mass is 32.2. The Morgan fingerprint density at radius 1 is 1.00 bits per heavy atom. The maximum Gasteiger partial charge on any atom is 0.243 e. The highest BCUT2D eigenvalue weighted by molar-refractivity contribution is 7.89.